The molecule has 0 unspecified atom stereocenters. The zero-order chi connectivity index (χ0) is 40.3. The first-order valence-corrected chi connectivity index (χ1v) is 20.9. The molecule has 0 bridgehead atoms. The fraction of sp³-hybridized carbons (Fsp3) is 0. The van der Waals surface area contributed by atoms with E-state index in [1.807, 2.05) is 0 Å². The number of nitrogens with zero attached hydrogens (tertiary/aromatic N) is 3. The lowest BCUT2D eigenvalue weighted by Crippen LogP contribution is -2.11. The molecule has 0 radical (unpaired) electrons. The van der Waals surface area contributed by atoms with Gasteiger partial charge in [-0.25, -0.2) is 0 Å². The second-order valence-electron chi connectivity index (χ2n) is 15.7. The molecule has 3 nitrogen and oxygen atoms in total. The van der Waals surface area contributed by atoms with Crippen molar-refractivity contribution in [1.29, 1.82) is 0 Å². The largest absolute Gasteiger partial charge is 0.310 e. The standard InChI is InChI=1S/C58H39N3/c1-4-16-41(17-5-1)48-23-12-14-26-54(48)59(47-34-37-51-50-25-13-15-27-55(50)60(57(51)39-47)44-19-6-2-7-20-44)46-32-28-40(29-33-46)43-31-35-52-53-36-30-42-18-10-11-24-49(42)58(53)61(56(52)38-43)45-21-8-3-9-22-45/h1-39H. The van der Waals surface area contributed by atoms with Crippen molar-refractivity contribution in [3.05, 3.63) is 237 Å². The van der Waals surface area contributed by atoms with Crippen molar-refractivity contribution in [2.75, 3.05) is 4.90 Å². The van der Waals surface area contributed by atoms with Crippen LogP contribution in [0.3, 0.4) is 0 Å². The molecule has 2 heterocycles. The summed E-state index contributed by atoms with van der Waals surface area (Å²) in [6, 6.07) is 85.9. The normalized spacial score (nSPS) is 11.6. The third-order valence-electron chi connectivity index (χ3n) is 12.3. The predicted molar refractivity (Wildman–Crippen MR) is 258 cm³/mol. The van der Waals surface area contributed by atoms with Crippen molar-refractivity contribution in [3.63, 3.8) is 0 Å². The van der Waals surface area contributed by atoms with Crippen LogP contribution in [0.15, 0.2) is 237 Å². The van der Waals surface area contributed by atoms with E-state index < -0.39 is 0 Å². The fourth-order valence-corrected chi connectivity index (χ4v) is 9.52. The van der Waals surface area contributed by atoms with Gasteiger partial charge >= 0.3 is 0 Å². The maximum absolute atomic E-state index is 2.44. The number of aromatic nitrogens is 2. The first-order valence-electron chi connectivity index (χ1n) is 20.9. The van der Waals surface area contributed by atoms with Crippen molar-refractivity contribution < 1.29 is 0 Å². The Morgan fingerprint density at radius 1 is 0.295 bits per heavy atom. The molecule has 0 fully saturated rings. The molecule has 61 heavy (non-hydrogen) atoms. The Morgan fingerprint density at radius 3 is 1.62 bits per heavy atom. The number of hydrogen-bond acceptors (Lipinski definition) is 1. The summed E-state index contributed by atoms with van der Waals surface area (Å²) in [5.41, 5.74) is 15.1. The van der Waals surface area contributed by atoms with Crippen molar-refractivity contribution in [2.45, 2.75) is 0 Å². The van der Waals surface area contributed by atoms with Crippen LogP contribution in [0.25, 0.3) is 88.0 Å². The van der Waals surface area contributed by atoms with E-state index in [9.17, 15) is 0 Å². The maximum atomic E-state index is 2.44. The summed E-state index contributed by atoms with van der Waals surface area (Å²) in [5, 5.41) is 7.47. The first kappa shape index (κ1) is 34.9. The minimum Gasteiger partial charge on any atom is -0.310 e. The van der Waals surface area contributed by atoms with Gasteiger partial charge in [-0.1, -0.05) is 170 Å². The number of benzene rings is 10. The summed E-state index contributed by atoms with van der Waals surface area (Å²) in [7, 11) is 0. The van der Waals surface area contributed by atoms with Gasteiger partial charge in [0.25, 0.3) is 0 Å². The minimum absolute atomic E-state index is 1.08. The molecule has 10 aromatic carbocycles. The van der Waals surface area contributed by atoms with Gasteiger partial charge in [0.2, 0.25) is 0 Å². The van der Waals surface area contributed by atoms with Crippen LogP contribution in [0.5, 0.6) is 0 Å². The van der Waals surface area contributed by atoms with Crippen molar-refractivity contribution in [1.82, 2.24) is 9.13 Å². The van der Waals surface area contributed by atoms with E-state index in [0.717, 1.165) is 34.0 Å². The van der Waals surface area contributed by atoms with E-state index in [2.05, 4.69) is 251 Å². The molecular weight excluding hydrogens is 739 g/mol. The highest BCUT2D eigenvalue weighted by Crippen LogP contribution is 2.44. The molecule has 0 aliphatic carbocycles. The number of anilines is 3. The second kappa shape index (κ2) is 14.3. The van der Waals surface area contributed by atoms with Crippen LogP contribution in [0, 0.1) is 0 Å². The van der Waals surface area contributed by atoms with E-state index in [-0.39, 0.29) is 0 Å². The number of fused-ring (bicyclic) bond motifs is 8. The van der Waals surface area contributed by atoms with Crippen LogP contribution in [-0.2, 0) is 0 Å². The molecule has 0 amide bonds. The summed E-state index contributed by atoms with van der Waals surface area (Å²) >= 11 is 0. The first-order chi connectivity index (χ1) is 30.3. The van der Waals surface area contributed by atoms with Crippen LogP contribution in [-0.4, -0.2) is 9.13 Å². The molecule has 12 aromatic rings. The maximum Gasteiger partial charge on any atom is 0.0619 e. The Morgan fingerprint density at radius 2 is 0.836 bits per heavy atom. The molecule has 0 saturated carbocycles. The van der Waals surface area contributed by atoms with E-state index in [1.165, 1.54) is 71.1 Å². The van der Waals surface area contributed by atoms with Crippen LogP contribution >= 0.6 is 0 Å². The average molecular weight is 778 g/mol. The Bertz CT molecular complexity index is 3560. The highest BCUT2D eigenvalue weighted by atomic mass is 15.1. The molecule has 12 rings (SSSR count). The molecule has 2 aromatic heterocycles. The number of hydrogen-bond donors (Lipinski definition) is 0. The Hall–Kier alpha value is -8.14. The SMILES string of the molecule is c1ccc(-c2ccccc2N(c2ccc(-c3ccc4c5ccc6ccccc6c5n(-c5ccccc5)c4c3)cc2)c2ccc3c4ccccc4n(-c4ccccc4)c3c2)cc1. The molecule has 0 atom stereocenters. The molecule has 0 aliphatic heterocycles. The summed E-state index contributed by atoms with van der Waals surface area (Å²) in [4.78, 5) is 2.42. The predicted octanol–water partition coefficient (Wildman–Crippen LogP) is 15.8. The van der Waals surface area contributed by atoms with Gasteiger partial charge in [0.15, 0.2) is 0 Å². The smallest absolute Gasteiger partial charge is 0.0619 e. The third kappa shape index (κ3) is 5.74. The van der Waals surface area contributed by atoms with Crippen LogP contribution < -0.4 is 4.90 Å². The monoisotopic (exact) mass is 777 g/mol. The van der Waals surface area contributed by atoms with E-state index in [1.54, 1.807) is 0 Å². The van der Waals surface area contributed by atoms with Crippen LogP contribution in [0.2, 0.25) is 0 Å². The van der Waals surface area contributed by atoms with Crippen LogP contribution in [0.4, 0.5) is 17.1 Å². The molecule has 3 heteroatoms. The second-order valence-corrected chi connectivity index (χ2v) is 15.7. The van der Waals surface area contributed by atoms with Gasteiger partial charge < -0.3 is 14.0 Å². The van der Waals surface area contributed by atoms with E-state index in [4.69, 9.17) is 0 Å². The third-order valence-corrected chi connectivity index (χ3v) is 12.3. The highest BCUT2D eigenvalue weighted by molar-refractivity contribution is 6.19. The van der Waals surface area contributed by atoms with Gasteiger partial charge in [-0.3, -0.25) is 0 Å². The highest BCUT2D eigenvalue weighted by Gasteiger charge is 2.21. The van der Waals surface area contributed by atoms with Gasteiger partial charge in [-0.2, -0.15) is 0 Å². The average Bonchev–Trinajstić information content (AvgIpc) is 3.85. The van der Waals surface area contributed by atoms with Gasteiger partial charge in [0.05, 0.1) is 27.8 Å². The lowest BCUT2D eigenvalue weighted by molar-refractivity contribution is 1.18. The summed E-state index contributed by atoms with van der Waals surface area (Å²) < 4.78 is 4.84. The molecule has 0 aliphatic rings. The minimum atomic E-state index is 1.08. The number of para-hydroxylation sites is 4. The van der Waals surface area contributed by atoms with Crippen LogP contribution in [0.1, 0.15) is 0 Å². The molecule has 0 saturated heterocycles. The summed E-state index contributed by atoms with van der Waals surface area (Å²) in [6.45, 7) is 0. The van der Waals surface area contributed by atoms with Crippen molar-refractivity contribution in [3.8, 4) is 33.6 Å². The van der Waals surface area contributed by atoms with E-state index in [0.29, 0.717) is 0 Å². The molecule has 286 valence electrons. The van der Waals surface area contributed by atoms with Gasteiger partial charge in [-0.15, -0.1) is 0 Å². The Balaban J connectivity index is 1.04. The summed E-state index contributed by atoms with van der Waals surface area (Å²) in [5.74, 6) is 0. The fourth-order valence-electron chi connectivity index (χ4n) is 9.52. The Labute approximate surface area is 354 Å². The van der Waals surface area contributed by atoms with Gasteiger partial charge in [-0.05, 0) is 88.8 Å². The number of rotatable bonds is 7. The van der Waals surface area contributed by atoms with Crippen molar-refractivity contribution >= 4 is 71.4 Å². The molecular formula is C58H39N3. The Kier molecular flexibility index (Phi) is 8.17. The summed E-state index contributed by atoms with van der Waals surface area (Å²) in [6.07, 6.45) is 0. The van der Waals surface area contributed by atoms with E-state index >= 15 is 0 Å². The van der Waals surface area contributed by atoms with Gasteiger partial charge in [0, 0.05) is 55.2 Å². The lowest BCUT2D eigenvalue weighted by Gasteiger charge is -2.28. The topological polar surface area (TPSA) is 13.1 Å². The lowest BCUT2D eigenvalue weighted by atomic mass is 10.00. The van der Waals surface area contributed by atoms with Gasteiger partial charge in [0.1, 0.15) is 0 Å². The van der Waals surface area contributed by atoms with Crippen molar-refractivity contribution in [2.24, 2.45) is 0 Å². The quantitative estimate of drug-likeness (QED) is 0.157. The zero-order valence-electron chi connectivity index (χ0n) is 33.4. The molecule has 0 N–H and O–H groups in total. The molecule has 0 spiro atoms. The zero-order valence-corrected chi connectivity index (χ0v) is 33.4.